The van der Waals surface area contributed by atoms with Crippen LogP contribution >= 0.6 is 0 Å². The molecule has 16 atom stereocenters. The molecule has 3 saturated heterocycles. The van der Waals surface area contributed by atoms with Crippen molar-refractivity contribution in [1.82, 2.24) is 0 Å². The Morgan fingerprint density at radius 3 is 2.02 bits per heavy atom. The summed E-state index contributed by atoms with van der Waals surface area (Å²) in [4.78, 5) is 11.6. The van der Waals surface area contributed by atoms with Crippen molar-refractivity contribution in [2.24, 2.45) is 0 Å². The number of hydrogen-bond acceptors (Lipinski definition) is 18. The lowest BCUT2D eigenvalue weighted by Gasteiger charge is -2.46. The average Bonchev–Trinajstić information content (AvgIpc) is 2.95. The number of carboxylic acids is 1. The number of carbonyl (C=O) groups is 1. The standard InChI is InChI=1S/C22H38O19/c1-35-16-13(30)15(32)21(41-18(16)19(33)34)40-17-11(28)7(26)4-36-22(17)39-9-5-37-20(14(31)12(9)29)38-8(3-24)10(27)6(25)2-23/h6-18,20-32H,2-5H2,1H3,(H,33,34)/t6-,7+,8+,9+,10+,11-,12-,13+,14+,15+,16-,17+,18-,20-,21-,22-/m0/s1. The molecule has 0 amide bonds. The minimum atomic E-state index is -1.89. The molecular weight excluding hydrogens is 568 g/mol. The van der Waals surface area contributed by atoms with Crippen molar-refractivity contribution in [2.45, 2.75) is 98.2 Å². The molecule has 0 aromatic carbocycles. The number of aliphatic carboxylic acids is 1. The summed E-state index contributed by atoms with van der Waals surface area (Å²) in [5.41, 5.74) is 0. The molecule has 3 heterocycles. The molecule has 0 radical (unpaired) electrons. The van der Waals surface area contributed by atoms with Crippen LogP contribution < -0.4 is 0 Å². The number of carboxylic acid groups (broad SMARTS) is 1. The molecule has 0 spiro atoms. The first-order valence-corrected chi connectivity index (χ1v) is 12.6. The Hall–Kier alpha value is -1.21. The molecule has 0 aromatic heterocycles. The normalized spacial score (nSPS) is 44.2. The predicted octanol–water partition coefficient (Wildman–Crippen LogP) is -7.45. The summed E-state index contributed by atoms with van der Waals surface area (Å²) in [6, 6.07) is 0. The van der Waals surface area contributed by atoms with Crippen LogP contribution in [0.3, 0.4) is 0 Å². The van der Waals surface area contributed by atoms with E-state index in [0.717, 1.165) is 7.11 Å². The topological polar surface area (TPSA) is 304 Å². The number of hydrogen-bond donors (Lipinski definition) is 11. The maximum atomic E-state index is 11.6. The van der Waals surface area contributed by atoms with Crippen LogP contribution in [0.25, 0.3) is 0 Å². The molecule has 240 valence electrons. The molecule has 3 fully saturated rings. The van der Waals surface area contributed by atoms with E-state index in [2.05, 4.69) is 0 Å². The number of rotatable bonds is 12. The molecule has 3 rings (SSSR count). The highest BCUT2D eigenvalue weighted by molar-refractivity contribution is 5.73. The van der Waals surface area contributed by atoms with Crippen LogP contribution in [0.2, 0.25) is 0 Å². The van der Waals surface area contributed by atoms with Gasteiger partial charge in [-0.3, -0.25) is 0 Å². The molecule has 11 N–H and O–H groups in total. The summed E-state index contributed by atoms with van der Waals surface area (Å²) < 4.78 is 37.2. The van der Waals surface area contributed by atoms with Crippen LogP contribution in [0.4, 0.5) is 0 Å². The fourth-order valence-electron chi connectivity index (χ4n) is 4.53. The second kappa shape index (κ2) is 15.0. The molecule has 41 heavy (non-hydrogen) atoms. The first kappa shape index (κ1) is 34.3. The van der Waals surface area contributed by atoms with E-state index < -0.39 is 131 Å². The van der Waals surface area contributed by atoms with Gasteiger partial charge in [-0.2, -0.15) is 0 Å². The first-order chi connectivity index (χ1) is 19.4. The summed E-state index contributed by atoms with van der Waals surface area (Å²) in [6.07, 6.45) is -27.2. The van der Waals surface area contributed by atoms with Gasteiger partial charge in [-0.05, 0) is 0 Å². The van der Waals surface area contributed by atoms with Crippen molar-refractivity contribution >= 4 is 5.97 Å². The van der Waals surface area contributed by atoms with E-state index in [1.54, 1.807) is 0 Å². The van der Waals surface area contributed by atoms with Crippen molar-refractivity contribution in [1.29, 1.82) is 0 Å². The second-order valence-corrected chi connectivity index (χ2v) is 9.76. The van der Waals surface area contributed by atoms with E-state index in [-0.39, 0.29) is 0 Å². The molecule has 0 aromatic rings. The Labute approximate surface area is 232 Å². The minimum absolute atomic E-state index is 0.493. The van der Waals surface area contributed by atoms with E-state index in [4.69, 9.17) is 38.3 Å². The predicted molar refractivity (Wildman–Crippen MR) is 123 cm³/mol. The highest BCUT2D eigenvalue weighted by Crippen LogP contribution is 2.31. The lowest BCUT2D eigenvalue weighted by molar-refractivity contribution is -0.371. The smallest absolute Gasteiger partial charge is 0.335 e. The Kier molecular flexibility index (Phi) is 12.5. The van der Waals surface area contributed by atoms with Gasteiger partial charge in [-0.25, -0.2) is 4.79 Å². The molecule has 0 bridgehead atoms. The van der Waals surface area contributed by atoms with Crippen molar-refractivity contribution in [3.8, 4) is 0 Å². The van der Waals surface area contributed by atoms with Gasteiger partial charge < -0.3 is 89.3 Å². The van der Waals surface area contributed by atoms with E-state index >= 15 is 0 Å². The summed E-state index contributed by atoms with van der Waals surface area (Å²) in [5.74, 6) is -1.56. The van der Waals surface area contributed by atoms with Crippen LogP contribution in [0, 0.1) is 0 Å². The highest BCUT2D eigenvalue weighted by Gasteiger charge is 2.52. The van der Waals surface area contributed by atoms with Crippen LogP contribution in [-0.2, 0) is 38.0 Å². The lowest BCUT2D eigenvalue weighted by Crippen LogP contribution is -2.65. The quantitative estimate of drug-likeness (QED) is 0.0982. The van der Waals surface area contributed by atoms with Gasteiger partial charge in [-0.1, -0.05) is 0 Å². The summed E-state index contributed by atoms with van der Waals surface area (Å²) in [6.45, 7) is -2.71. The molecule has 3 aliphatic rings. The van der Waals surface area contributed by atoms with Gasteiger partial charge in [0, 0.05) is 7.11 Å². The van der Waals surface area contributed by atoms with E-state index in [1.807, 2.05) is 0 Å². The number of aliphatic hydroxyl groups is 10. The van der Waals surface area contributed by atoms with Crippen molar-refractivity contribution in [2.75, 3.05) is 33.5 Å². The van der Waals surface area contributed by atoms with Crippen LogP contribution in [0.5, 0.6) is 0 Å². The zero-order valence-electron chi connectivity index (χ0n) is 21.8. The lowest BCUT2D eigenvalue weighted by atomic mass is 9.98. The van der Waals surface area contributed by atoms with Crippen molar-refractivity contribution in [3.05, 3.63) is 0 Å². The Morgan fingerprint density at radius 1 is 0.805 bits per heavy atom. The van der Waals surface area contributed by atoms with Crippen LogP contribution in [0.1, 0.15) is 0 Å². The summed E-state index contributed by atoms with van der Waals surface area (Å²) in [7, 11) is 1.09. The Bertz CT molecular complexity index is 820. The molecule has 19 nitrogen and oxygen atoms in total. The fraction of sp³-hybridized carbons (Fsp3) is 0.955. The summed E-state index contributed by atoms with van der Waals surface area (Å²) >= 11 is 0. The minimum Gasteiger partial charge on any atom is -0.479 e. The molecule has 0 aliphatic carbocycles. The maximum absolute atomic E-state index is 11.6. The van der Waals surface area contributed by atoms with E-state index in [1.165, 1.54) is 0 Å². The Morgan fingerprint density at radius 2 is 1.44 bits per heavy atom. The van der Waals surface area contributed by atoms with Crippen molar-refractivity contribution < 1.29 is 94.1 Å². The third kappa shape index (κ3) is 7.66. The Balaban J connectivity index is 1.69. The van der Waals surface area contributed by atoms with Crippen LogP contribution in [-0.4, -0.2) is 194 Å². The van der Waals surface area contributed by atoms with E-state index in [9.17, 15) is 55.9 Å². The van der Waals surface area contributed by atoms with Gasteiger partial charge in [0.25, 0.3) is 0 Å². The van der Waals surface area contributed by atoms with Crippen LogP contribution in [0.15, 0.2) is 0 Å². The number of aliphatic hydroxyl groups excluding tert-OH is 10. The first-order valence-electron chi connectivity index (χ1n) is 12.6. The van der Waals surface area contributed by atoms with Gasteiger partial charge >= 0.3 is 5.97 Å². The maximum Gasteiger partial charge on any atom is 0.335 e. The van der Waals surface area contributed by atoms with Gasteiger partial charge in [-0.15, -0.1) is 0 Å². The van der Waals surface area contributed by atoms with Gasteiger partial charge in [0.1, 0.15) is 73.2 Å². The molecule has 0 saturated carbocycles. The molecule has 3 aliphatic heterocycles. The zero-order valence-corrected chi connectivity index (χ0v) is 21.8. The third-order valence-electron chi connectivity index (χ3n) is 6.98. The zero-order chi connectivity index (χ0) is 30.6. The summed E-state index contributed by atoms with van der Waals surface area (Å²) in [5, 5.41) is 110. The average molecular weight is 607 g/mol. The van der Waals surface area contributed by atoms with Gasteiger partial charge in [0.05, 0.1) is 26.4 Å². The molecular formula is C22H38O19. The van der Waals surface area contributed by atoms with Gasteiger partial charge in [0.15, 0.2) is 25.0 Å². The number of ether oxygens (including phenoxy) is 7. The van der Waals surface area contributed by atoms with E-state index in [0.29, 0.717) is 0 Å². The molecule has 0 unspecified atom stereocenters. The SMILES string of the molecule is CO[C@H]1[C@H](O)[C@@H](O)[C@@H](O[C@H]2[C@H](O[C@@H]3CO[C@@H](O[C@H](CO)[C@H](O)[C@@H](O)CO)[C@H](O)[C@H]3O)OC[C@@H](O)[C@@H]2O)O[C@@H]1C(=O)O. The molecule has 19 heteroatoms. The number of methoxy groups -OCH3 is 1. The fourth-order valence-corrected chi connectivity index (χ4v) is 4.53. The monoisotopic (exact) mass is 606 g/mol. The highest BCUT2D eigenvalue weighted by atomic mass is 16.8. The largest absolute Gasteiger partial charge is 0.479 e. The third-order valence-corrected chi connectivity index (χ3v) is 6.98. The second-order valence-electron chi connectivity index (χ2n) is 9.76. The van der Waals surface area contributed by atoms with Gasteiger partial charge in [0.2, 0.25) is 0 Å². The van der Waals surface area contributed by atoms with Crippen molar-refractivity contribution in [3.63, 3.8) is 0 Å².